The molecule has 1 unspecified atom stereocenters. The van der Waals surface area contributed by atoms with Crippen LogP contribution >= 0.6 is 11.3 Å². The zero-order valence-electron chi connectivity index (χ0n) is 13.4. The number of benzene rings is 1. The molecule has 2 aromatic heterocycles. The maximum absolute atomic E-state index is 12.9. The lowest BCUT2D eigenvalue weighted by atomic mass is 10.00. The first kappa shape index (κ1) is 16.5. The first-order chi connectivity index (χ1) is 11.4. The fraction of sp³-hybridized carbons (Fsp3) is 0.312. The molecule has 0 bridgehead atoms. The molecule has 2 N–H and O–H groups in total. The number of aliphatic hydroxyl groups is 1. The summed E-state index contributed by atoms with van der Waals surface area (Å²) in [5.41, 5.74) is 0.645. The highest BCUT2D eigenvalue weighted by molar-refractivity contribution is 7.15. The summed E-state index contributed by atoms with van der Waals surface area (Å²) >= 11 is 1.41. The van der Waals surface area contributed by atoms with Crippen LogP contribution in [0, 0.1) is 5.82 Å². The third-order valence-corrected chi connectivity index (χ3v) is 4.53. The molecule has 126 valence electrons. The molecule has 1 atom stereocenters. The van der Waals surface area contributed by atoms with Crippen LogP contribution in [0.15, 0.2) is 36.7 Å². The largest absolute Gasteiger partial charge is 0.383 e. The van der Waals surface area contributed by atoms with Crippen LogP contribution in [-0.2, 0) is 19.1 Å². The zero-order valence-corrected chi connectivity index (χ0v) is 14.2. The van der Waals surface area contributed by atoms with Crippen molar-refractivity contribution in [1.82, 2.24) is 20.0 Å². The van der Waals surface area contributed by atoms with E-state index in [4.69, 9.17) is 0 Å². The van der Waals surface area contributed by atoms with E-state index in [2.05, 4.69) is 20.6 Å². The minimum atomic E-state index is -1.06. The van der Waals surface area contributed by atoms with Crippen LogP contribution in [0.2, 0.25) is 0 Å². The summed E-state index contributed by atoms with van der Waals surface area (Å²) in [5.74, 6) is -0.254. The van der Waals surface area contributed by atoms with Crippen LogP contribution in [0.5, 0.6) is 0 Å². The van der Waals surface area contributed by atoms with E-state index < -0.39 is 5.60 Å². The van der Waals surface area contributed by atoms with Crippen molar-refractivity contribution < 1.29 is 9.50 Å². The molecule has 0 saturated heterocycles. The Balaban J connectivity index is 1.60. The van der Waals surface area contributed by atoms with Crippen molar-refractivity contribution in [3.8, 4) is 0 Å². The lowest BCUT2D eigenvalue weighted by molar-refractivity contribution is 0.0714. The zero-order chi connectivity index (χ0) is 17.2. The van der Waals surface area contributed by atoms with Crippen LogP contribution in [0.3, 0.4) is 0 Å². The van der Waals surface area contributed by atoms with Gasteiger partial charge in [0, 0.05) is 31.8 Å². The molecule has 6 nitrogen and oxygen atoms in total. The summed E-state index contributed by atoms with van der Waals surface area (Å²) < 4.78 is 14.6. The van der Waals surface area contributed by atoms with Gasteiger partial charge in [0.15, 0.2) is 0 Å². The molecule has 8 heteroatoms. The monoisotopic (exact) mass is 347 g/mol. The van der Waals surface area contributed by atoms with E-state index in [9.17, 15) is 9.50 Å². The molecular formula is C16H18FN5OS. The maximum Gasteiger partial charge on any atom is 0.205 e. The molecule has 0 saturated carbocycles. The molecular weight excluding hydrogens is 329 g/mol. The number of anilines is 1. The summed E-state index contributed by atoms with van der Waals surface area (Å²) in [7, 11) is 1.81. The fourth-order valence-corrected chi connectivity index (χ4v) is 2.99. The predicted octanol–water partition coefficient (Wildman–Crippen LogP) is 2.32. The molecule has 0 spiro atoms. The topological polar surface area (TPSA) is 75.9 Å². The van der Waals surface area contributed by atoms with E-state index >= 15 is 0 Å². The highest BCUT2D eigenvalue weighted by atomic mass is 32.1. The van der Waals surface area contributed by atoms with Crippen LogP contribution in [0.25, 0.3) is 0 Å². The minimum Gasteiger partial charge on any atom is -0.383 e. The lowest BCUT2D eigenvalue weighted by Gasteiger charge is -2.21. The second-order valence-corrected chi connectivity index (χ2v) is 6.90. The van der Waals surface area contributed by atoms with Gasteiger partial charge in [-0.15, -0.1) is 10.2 Å². The Morgan fingerprint density at radius 2 is 2.04 bits per heavy atom. The molecule has 0 radical (unpaired) electrons. The normalized spacial score (nSPS) is 13.7. The van der Waals surface area contributed by atoms with Gasteiger partial charge in [-0.05, 0) is 24.6 Å². The summed E-state index contributed by atoms with van der Waals surface area (Å²) in [4.78, 5) is 0. The van der Waals surface area contributed by atoms with Crippen molar-refractivity contribution in [3.05, 3.63) is 58.6 Å². The second kappa shape index (κ2) is 6.66. The van der Waals surface area contributed by atoms with Crippen LogP contribution in [-0.4, -0.2) is 31.6 Å². The molecule has 0 aliphatic carbocycles. The highest BCUT2D eigenvalue weighted by Gasteiger charge is 2.25. The van der Waals surface area contributed by atoms with Gasteiger partial charge in [-0.3, -0.25) is 4.68 Å². The van der Waals surface area contributed by atoms with Crippen molar-refractivity contribution in [2.75, 3.05) is 11.9 Å². The SMILES string of the molecule is Cn1cc(C(C)(O)CNc2nnc(Cc3ccc(F)cc3)s2)cn1. The smallest absolute Gasteiger partial charge is 0.205 e. The van der Waals surface area contributed by atoms with Gasteiger partial charge < -0.3 is 10.4 Å². The molecule has 0 amide bonds. The van der Waals surface area contributed by atoms with E-state index in [1.54, 1.807) is 43.2 Å². The van der Waals surface area contributed by atoms with E-state index in [1.807, 2.05) is 0 Å². The molecule has 0 aliphatic heterocycles. The molecule has 24 heavy (non-hydrogen) atoms. The number of nitrogens with zero attached hydrogens (tertiary/aromatic N) is 4. The molecule has 3 aromatic rings. The van der Waals surface area contributed by atoms with Crippen molar-refractivity contribution in [2.24, 2.45) is 7.05 Å². The third kappa shape index (κ3) is 3.95. The van der Waals surface area contributed by atoms with Crippen LogP contribution < -0.4 is 5.32 Å². The van der Waals surface area contributed by atoms with E-state index in [1.165, 1.54) is 23.5 Å². The number of hydrogen-bond donors (Lipinski definition) is 2. The van der Waals surface area contributed by atoms with Crippen molar-refractivity contribution in [1.29, 1.82) is 0 Å². The predicted molar refractivity (Wildman–Crippen MR) is 90.4 cm³/mol. The Kier molecular flexibility index (Phi) is 4.59. The lowest BCUT2D eigenvalue weighted by Crippen LogP contribution is -2.30. The van der Waals surface area contributed by atoms with Crippen molar-refractivity contribution >= 4 is 16.5 Å². The summed E-state index contributed by atoms with van der Waals surface area (Å²) in [6, 6.07) is 6.33. The molecule has 3 rings (SSSR count). The van der Waals surface area contributed by atoms with Crippen LogP contribution in [0.1, 0.15) is 23.1 Å². The second-order valence-electron chi connectivity index (χ2n) is 5.83. The summed E-state index contributed by atoms with van der Waals surface area (Å²) in [6.07, 6.45) is 4.02. The first-order valence-electron chi connectivity index (χ1n) is 7.44. The molecule has 0 aliphatic rings. The maximum atomic E-state index is 12.9. The van der Waals surface area contributed by atoms with E-state index in [-0.39, 0.29) is 5.82 Å². The minimum absolute atomic E-state index is 0.254. The highest BCUT2D eigenvalue weighted by Crippen LogP contribution is 2.23. The summed E-state index contributed by atoms with van der Waals surface area (Å²) in [5, 5.41) is 27.4. The third-order valence-electron chi connectivity index (χ3n) is 3.65. The Morgan fingerprint density at radius 3 is 2.71 bits per heavy atom. The van der Waals surface area contributed by atoms with Gasteiger partial charge in [0.05, 0.1) is 6.20 Å². The van der Waals surface area contributed by atoms with Gasteiger partial charge >= 0.3 is 0 Å². The van der Waals surface area contributed by atoms with Crippen molar-refractivity contribution in [2.45, 2.75) is 18.9 Å². The number of halogens is 1. The molecule has 1 aromatic carbocycles. The van der Waals surface area contributed by atoms with Gasteiger partial charge in [-0.2, -0.15) is 5.10 Å². The number of rotatable bonds is 6. The van der Waals surface area contributed by atoms with E-state index in [0.29, 0.717) is 18.1 Å². The van der Waals surface area contributed by atoms with Gasteiger partial charge in [0.25, 0.3) is 0 Å². The number of hydrogen-bond acceptors (Lipinski definition) is 6. The first-order valence-corrected chi connectivity index (χ1v) is 8.26. The molecule has 0 fully saturated rings. The van der Waals surface area contributed by atoms with Gasteiger partial charge in [0.1, 0.15) is 16.4 Å². The molecule has 2 heterocycles. The van der Waals surface area contributed by atoms with Crippen LogP contribution in [0.4, 0.5) is 9.52 Å². The average Bonchev–Trinajstić information content (AvgIpc) is 3.17. The Bertz CT molecular complexity index is 812. The standard InChI is InChI=1S/C16H18FN5OS/c1-16(23,12-8-19-22(2)9-12)10-18-15-21-20-14(24-15)7-11-3-5-13(17)6-4-11/h3-6,8-9,23H,7,10H2,1-2H3,(H,18,21). The number of aromatic nitrogens is 4. The number of nitrogens with one attached hydrogen (secondary N) is 1. The Labute approximate surface area is 143 Å². The fourth-order valence-electron chi connectivity index (χ4n) is 2.22. The number of aryl methyl sites for hydroxylation is 1. The Morgan fingerprint density at radius 1 is 1.29 bits per heavy atom. The van der Waals surface area contributed by atoms with E-state index in [0.717, 1.165) is 16.1 Å². The quantitative estimate of drug-likeness (QED) is 0.716. The van der Waals surface area contributed by atoms with Gasteiger partial charge in [0.2, 0.25) is 5.13 Å². The average molecular weight is 347 g/mol. The van der Waals surface area contributed by atoms with Gasteiger partial charge in [-0.25, -0.2) is 4.39 Å². The summed E-state index contributed by atoms with van der Waals surface area (Å²) in [6.45, 7) is 2.02. The van der Waals surface area contributed by atoms with Crippen molar-refractivity contribution in [3.63, 3.8) is 0 Å². The van der Waals surface area contributed by atoms with Gasteiger partial charge in [-0.1, -0.05) is 23.5 Å². The Hall–Kier alpha value is -2.32.